The van der Waals surface area contributed by atoms with Crippen LogP contribution >= 0.6 is 11.6 Å². The highest BCUT2D eigenvalue weighted by Crippen LogP contribution is 2.22. The predicted molar refractivity (Wildman–Crippen MR) is 86.4 cm³/mol. The van der Waals surface area contributed by atoms with Crippen LogP contribution in [-0.2, 0) is 4.79 Å². The Balaban J connectivity index is 1.91. The minimum atomic E-state index is -0.494. The molecular weight excluding hydrogens is 306 g/mol. The number of rotatable bonds is 5. The van der Waals surface area contributed by atoms with E-state index in [2.05, 4.69) is 10.6 Å². The van der Waals surface area contributed by atoms with Gasteiger partial charge in [-0.15, -0.1) is 0 Å². The third-order valence-corrected chi connectivity index (χ3v) is 3.24. The third-order valence-electron chi connectivity index (χ3n) is 2.93. The molecule has 2 aromatic carbocycles. The molecule has 7 heteroatoms. The Morgan fingerprint density at radius 2 is 1.91 bits per heavy atom. The maximum atomic E-state index is 11.8. The van der Waals surface area contributed by atoms with Crippen LogP contribution in [-0.4, -0.2) is 17.4 Å². The van der Waals surface area contributed by atoms with Crippen LogP contribution in [0.1, 0.15) is 5.56 Å². The molecule has 22 heavy (non-hydrogen) atoms. The van der Waals surface area contributed by atoms with Gasteiger partial charge < -0.3 is 10.6 Å². The van der Waals surface area contributed by atoms with Gasteiger partial charge in [0.1, 0.15) is 0 Å². The van der Waals surface area contributed by atoms with Crippen molar-refractivity contribution >= 4 is 34.6 Å². The van der Waals surface area contributed by atoms with Gasteiger partial charge in [0.2, 0.25) is 5.91 Å². The zero-order chi connectivity index (χ0) is 16.1. The van der Waals surface area contributed by atoms with Crippen LogP contribution < -0.4 is 10.6 Å². The first kappa shape index (κ1) is 15.8. The number of aryl methyl sites for hydroxylation is 1. The number of benzene rings is 2. The molecule has 0 aromatic heterocycles. The fourth-order valence-corrected chi connectivity index (χ4v) is 2.11. The van der Waals surface area contributed by atoms with E-state index in [9.17, 15) is 14.9 Å². The van der Waals surface area contributed by atoms with Crippen molar-refractivity contribution in [2.24, 2.45) is 0 Å². The van der Waals surface area contributed by atoms with Gasteiger partial charge in [-0.1, -0.05) is 17.7 Å². The smallest absolute Gasteiger partial charge is 0.269 e. The van der Waals surface area contributed by atoms with Crippen LogP contribution in [0.2, 0.25) is 5.02 Å². The van der Waals surface area contributed by atoms with E-state index in [1.165, 1.54) is 24.3 Å². The minimum absolute atomic E-state index is 0.0254. The summed E-state index contributed by atoms with van der Waals surface area (Å²) in [5, 5.41) is 16.7. The molecule has 6 nitrogen and oxygen atoms in total. The van der Waals surface area contributed by atoms with E-state index in [-0.39, 0.29) is 18.1 Å². The number of nitro benzene ring substituents is 1. The second-order valence-electron chi connectivity index (χ2n) is 4.69. The molecule has 0 saturated heterocycles. The standard InChI is InChI=1S/C15H14ClN3O3/c1-10-2-7-14(13(16)8-10)17-9-15(20)18-11-3-5-12(6-4-11)19(21)22/h2-8,17H,9H2,1H3,(H,18,20). The normalized spacial score (nSPS) is 10.1. The summed E-state index contributed by atoms with van der Waals surface area (Å²) in [6.07, 6.45) is 0. The van der Waals surface area contributed by atoms with E-state index >= 15 is 0 Å². The number of anilines is 2. The van der Waals surface area contributed by atoms with Crippen molar-refractivity contribution in [3.05, 3.63) is 63.2 Å². The molecule has 0 aliphatic heterocycles. The Hall–Kier alpha value is -2.60. The molecule has 2 aromatic rings. The molecule has 0 saturated carbocycles. The van der Waals surface area contributed by atoms with Crippen LogP contribution in [0.4, 0.5) is 17.1 Å². The molecule has 0 heterocycles. The lowest BCUT2D eigenvalue weighted by atomic mass is 10.2. The van der Waals surface area contributed by atoms with Crippen molar-refractivity contribution in [3.8, 4) is 0 Å². The van der Waals surface area contributed by atoms with Gasteiger partial charge in [-0.3, -0.25) is 14.9 Å². The molecule has 0 radical (unpaired) electrons. The number of nitrogens with one attached hydrogen (secondary N) is 2. The number of amides is 1. The Kier molecular flexibility index (Phi) is 4.95. The topological polar surface area (TPSA) is 84.3 Å². The number of carbonyl (C=O) groups excluding carboxylic acids is 1. The fraction of sp³-hybridized carbons (Fsp3) is 0.133. The van der Waals surface area contributed by atoms with E-state index in [1.807, 2.05) is 13.0 Å². The van der Waals surface area contributed by atoms with Crippen molar-refractivity contribution in [2.45, 2.75) is 6.92 Å². The number of nitrogens with zero attached hydrogens (tertiary/aromatic N) is 1. The first-order valence-corrected chi connectivity index (χ1v) is 6.88. The van der Waals surface area contributed by atoms with Crippen molar-refractivity contribution in [1.82, 2.24) is 0 Å². The Morgan fingerprint density at radius 1 is 1.23 bits per heavy atom. The number of non-ortho nitro benzene ring substituents is 1. The van der Waals surface area contributed by atoms with Gasteiger partial charge in [0.15, 0.2) is 0 Å². The van der Waals surface area contributed by atoms with Gasteiger partial charge in [-0.2, -0.15) is 0 Å². The van der Waals surface area contributed by atoms with Gasteiger partial charge in [0, 0.05) is 17.8 Å². The van der Waals surface area contributed by atoms with E-state index in [0.29, 0.717) is 16.4 Å². The van der Waals surface area contributed by atoms with Crippen molar-refractivity contribution in [1.29, 1.82) is 0 Å². The molecular formula is C15H14ClN3O3. The summed E-state index contributed by atoms with van der Waals surface area (Å²) in [5.74, 6) is -0.273. The summed E-state index contributed by atoms with van der Waals surface area (Å²) in [5.41, 5.74) is 2.17. The summed E-state index contributed by atoms with van der Waals surface area (Å²) >= 11 is 6.06. The van der Waals surface area contributed by atoms with Gasteiger partial charge in [0.05, 0.1) is 22.2 Å². The lowest BCUT2D eigenvalue weighted by molar-refractivity contribution is -0.384. The molecule has 0 fully saturated rings. The first-order valence-electron chi connectivity index (χ1n) is 6.50. The third kappa shape index (κ3) is 4.20. The number of hydrogen-bond donors (Lipinski definition) is 2. The van der Waals surface area contributed by atoms with Gasteiger partial charge >= 0.3 is 0 Å². The molecule has 0 atom stereocenters. The van der Waals surface area contributed by atoms with E-state index in [4.69, 9.17) is 11.6 Å². The van der Waals surface area contributed by atoms with E-state index < -0.39 is 4.92 Å². The zero-order valence-electron chi connectivity index (χ0n) is 11.8. The van der Waals surface area contributed by atoms with Gasteiger partial charge in [-0.25, -0.2) is 0 Å². The van der Waals surface area contributed by atoms with Crippen LogP contribution in [0.3, 0.4) is 0 Å². The fourth-order valence-electron chi connectivity index (χ4n) is 1.81. The van der Waals surface area contributed by atoms with Gasteiger partial charge in [0.25, 0.3) is 5.69 Å². The molecule has 114 valence electrons. The van der Waals surface area contributed by atoms with Crippen molar-refractivity contribution in [3.63, 3.8) is 0 Å². The second kappa shape index (κ2) is 6.91. The highest BCUT2D eigenvalue weighted by atomic mass is 35.5. The summed E-state index contributed by atoms with van der Waals surface area (Å²) < 4.78 is 0. The number of hydrogen-bond acceptors (Lipinski definition) is 4. The first-order chi connectivity index (χ1) is 10.5. The SMILES string of the molecule is Cc1ccc(NCC(=O)Nc2ccc([N+](=O)[O-])cc2)c(Cl)c1. The summed E-state index contributed by atoms with van der Waals surface area (Å²) in [7, 11) is 0. The summed E-state index contributed by atoms with van der Waals surface area (Å²) in [4.78, 5) is 21.9. The lowest BCUT2D eigenvalue weighted by Crippen LogP contribution is -2.21. The average molecular weight is 320 g/mol. The molecule has 0 bridgehead atoms. The van der Waals surface area contributed by atoms with Crippen LogP contribution in [0, 0.1) is 17.0 Å². The molecule has 0 aliphatic rings. The maximum Gasteiger partial charge on any atom is 0.269 e. The molecule has 2 rings (SSSR count). The number of nitro groups is 1. The highest BCUT2D eigenvalue weighted by molar-refractivity contribution is 6.33. The van der Waals surface area contributed by atoms with Crippen LogP contribution in [0.5, 0.6) is 0 Å². The Morgan fingerprint density at radius 3 is 2.50 bits per heavy atom. The molecule has 0 unspecified atom stereocenters. The van der Waals surface area contributed by atoms with E-state index in [1.54, 1.807) is 12.1 Å². The quantitative estimate of drug-likeness (QED) is 0.651. The number of halogens is 1. The number of carbonyl (C=O) groups is 1. The molecule has 0 aliphatic carbocycles. The van der Waals surface area contributed by atoms with Crippen molar-refractivity contribution < 1.29 is 9.72 Å². The van der Waals surface area contributed by atoms with Gasteiger partial charge in [-0.05, 0) is 36.8 Å². The molecule has 0 spiro atoms. The monoisotopic (exact) mass is 319 g/mol. The lowest BCUT2D eigenvalue weighted by Gasteiger charge is -2.09. The average Bonchev–Trinajstić information content (AvgIpc) is 2.47. The highest BCUT2D eigenvalue weighted by Gasteiger charge is 2.07. The van der Waals surface area contributed by atoms with Crippen LogP contribution in [0.15, 0.2) is 42.5 Å². The summed E-state index contributed by atoms with van der Waals surface area (Å²) in [6.45, 7) is 1.97. The maximum absolute atomic E-state index is 11.8. The van der Waals surface area contributed by atoms with E-state index in [0.717, 1.165) is 5.56 Å². The molecule has 1 amide bonds. The Labute approximate surface area is 132 Å². The zero-order valence-corrected chi connectivity index (χ0v) is 12.6. The van der Waals surface area contributed by atoms with Crippen LogP contribution in [0.25, 0.3) is 0 Å². The van der Waals surface area contributed by atoms with Crippen molar-refractivity contribution in [2.75, 3.05) is 17.2 Å². The molecule has 2 N–H and O–H groups in total. The largest absolute Gasteiger partial charge is 0.375 e. The summed E-state index contributed by atoms with van der Waals surface area (Å²) in [6, 6.07) is 11.1. The Bertz CT molecular complexity index is 702. The minimum Gasteiger partial charge on any atom is -0.375 e. The second-order valence-corrected chi connectivity index (χ2v) is 5.10. The predicted octanol–water partition coefficient (Wildman–Crippen LogP) is 3.61.